The van der Waals surface area contributed by atoms with Crippen molar-refractivity contribution in [2.75, 3.05) is 5.32 Å². The van der Waals surface area contributed by atoms with E-state index in [0.29, 0.717) is 5.92 Å². The van der Waals surface area contributed by atoms with Crippen LogP contribution in [0.25, 0.3) is 0 Å². The van der Waals surface area contributed by atoms with Crippen LogP contribution in [0.15, 0.2) is 24.3 Å². The molecule has 1 fully saturated rings. The van der Waals surface area contributed by atoms with E-state index in [0.717, 1.165) is 24.9 Å². The minimum atomic E-state index is -0.708. The molecule has 0 radical (unpaired) electrons. The van der Waals surface area contributed by atoms with Crippen molar-refractivity contribution >= 4 is 11.6 Å². The minimum Gasteiger partial charge on any atom is -0.324 e. The maximum Gasteiger partial charge on any atom is 0.244 e. The molecule has 1 saturated carbocycles. The Morgan fingerprint density at radius 3 is 2.43 bits per heavy atom. The Morgan fingerprint density at radius 2 is 1.90 bits per heavy atom. The summed E-state index contributed by atoms with van der Waals surface area (Å²) in [7, 11) is 0. The first-order valence-corrected chi connectivity index (χ1v) is 7.92. The molecule has 2 atom stereocenters. The molecule has 1 aliphatic carbocycles. The van der Waals surface area contributed by atoms with Crippen molar-refractivity contribution in [1.82, 2.24) is 0 Å². The van der Waals surface area contributed by atoms with Crippen LogP contribution in [0.3, 0.4) is 0 Å². The van der Waals surface area contributed by atoms with Crippen LogP contribution in [0.1, 0.15) is 58.9 Å². The van der Waals surface area contributed by atoms with E-state index in [1.165, 1.54) is 12.0 Å². The molecule has 0 bridgehead atoms. The first-order chi connectivity index (χ1) is 9.71. The molecule has 0 saturated heterocycles. The lowest BCUT2D eigenvalue weighted by Crippen LogP contribution is -2.53. The van der Waals surface area contributed by atoms with Crippen LogP contribution < -0.4 is 11.1 Å². The summed E-state index contributed by atoms with van der Waals surface area (Å²) in [6.45, 7) is 8.71. The lowest BCUT2D eigenvalue weighted by molar-refractivity contribution is -0.122. The topological polar surface area (TPSA) is 55.1 Å². The van der Waals surface area contributed by atoms with Crippen LogP contribution in [0.5, 0.6) is 0 Å². The smallest absolute Gasteiger partial charge is 0.244 e. The predicted octanol–water partition coefficient (Wildman–Crippen LogP) is 3.83. The number of nitrogens with one attached hydrogen (secondary N) is 1. The Labute approximate surface area is 128 Å². The Morgan fingerprint density at radius 1 is 1.29 bits per heavy atom. The van der Waals surface area contributed by atoms with Crippen molar-refractivity contribution in [2.24, 2.45) is 11.7 Å². The van der Waals surface area contributed by atoms with Gasteiger partial charge in [0.1, 0.15) is 0 Å². The van der Waals surface area contributed by atoms with Gasteiger partial charge in [0.05, 0.1) is 5.54 Å². The molecule has 1 aromatic carbocycles. The van der Waals surface area contributed by atoms with Gasteiger partial charge >= 0.3 is 0 Å². The summed E-state index contributed by atoms with van der Waals surface area (Å²) >= 11 is 0. The summed E-state index contributed by atoms with van der Waals surface area (Å²) in [6.07, 6.45) is 3.77. The van der Waals surface area contributed by atoms with Crippen LogP contribution in [0.2, 0.25) is 0 Å². The molecule has 3 nitrogen and oxygen atoms in total. The number of benzene rings is 1. The van der Waals surface area contributed by atoms with E-state index in [9.17, 15) is 4.79 Å². The summed E-state index contributed by atoms with van der Waals surface area (Å²) in [4.78, 5) is 12.5. The van der Waals surface area contributed by atoms with Gasteiger partial charge in [-0.3, -0.25) is 4.79 Å². The van der Waals surface area contributed by atoms with E-state index in [-0.39, 0.29) is 11.3 Å². The molecular formula is C18H28N2O. The van der Waals surface area contributed by atoms with Crippen LogP contribution in [0.4, 0.5) is 5.69 Å². The second-order valence-electron chi connectivity index (χ2n) is 7.64. The van der Waals surface area contributed by atoms with Gasteiger partial charge in [-0.1, -0.05) is 52.7 Å². The van der Waals surface area contributed by atoms with E-state index in [4.69, 9.17) is 5.73 Å². The van der Waals surface area contributed by atoms with E-state index >= 15 is 0 Å². The third-order valence-electron chi connectivity index (χ3n) is 4.49. The van der Waals surface area contributed by atoms with Gasteiger partial charge in [0.15, 0.2) is 0 Å². The molecule has 3 heteroatoms. The highest BCUT2D eigenvalue weighted by Gasteiger charge is 2.37. The Balaban J connectivity index is 2.06. The summed E-state index contributed by atoms with van der Waals surface area (Å²) in [5.41, 5.74) is 7.83. The molecule has 0 heterocycles. The standard InChI is InChI=1S/C18H28N2O/c1-13-6-5-11-18(19,12-13)16(21)20-15-9-7-14(8-10-15)17(2,3)4/h7-10,13H,5-6,11-12,19H2,1-4H3,(H,20,21). The quantitative estimate of drug-likeness (QED) is 0.869. The summed E-state index contributed by atoms with van der Waals surface area (Å²) < 4.78 is 0. The third kappa shape index (κ3) is 3.85. The minimum absolute atomic E-state index is 0.0439. The van der Waals surface area contributed by atoms with Crippen LogP contribution in [-0.2, 0) is 10.2 Å². The Bertz CT molecular complexity index is 501. The first-order valence-electron chi connectivity index (χ1n) is 7.92. The summed E-state index contributed by atoms with van der Waals surface area (Å²) in [5.74, 6) is 0.482. The van der Waals surface area contributed by atoms with E-state index in [1.807, 2.05) is 12.1 Å². The van der Waals surface area contributed by atoms with Gasteiger partial charge in [-0.2, -0.15) is 0 Å². The van der Waals surface area contributed by atoms with Gasteiger partial charge in [-0.05, 0) is 41.9 Å². The van der Waals surface area contributed by atoms with Crippen molar-refractivity contribution in [1.29, 1.82) is 0 Å². The fraction of sp³-hybridized carbons (Fsp3) is 0.611. The molecular weight excluding hydrogens is 260 g/mol. The molecule has 1 amide bonds. The zero-order valence-electron chi connectivity index (χ0n) is 13.7. The molecule has 1 aromatic rings. The molecule has 0 spiro atoms. The van der Waals surface area contributed by atoms with Gasteiger partial charge < -0.3 is 11.1 Å². The molecule has 116 valence electrons. The fourth-order valence-corrected chi connectivity index (χ4v) is 3.11. The Hall–Kier alpha value is -1.35. The predicted molar refractivity (Wildman–Crippen MR) is 88.3 cm³/mol. The molecule has 21 heavy (non-hydrogen) atoms. The second kappa shape index (κ2) is 5.80. The number of carbonyl (C=O) groups excluding carboxylic acids is 1. The van der Waals surface area contributed by atoms with Crippen molar-refractivity contribution in [2.45, 2.75) is 64.3 Å². The SMILES string of the molecule is CC1CCCC(N)(C(=O)Nc2ccc(C(C)(C)C)cc2)C1. The van der Waals surface area contributed by atoms with Crippen LogP contribution >= 0.6 is 0 Å². The molecule has 1 aliphatic rings. The molecule has 0 aromatic heterocycles. The largest absolute Gasteiger partial charge is 0.324 e. The van der Waals surface area contributed by atoms with Gasteiger partial charge in [-0.25, -0.2) is 0 Å². The van der Waals surface area contributed by atoms with Crippen molar-refractivity contribution in [3.63, 3.8) is 0 Å². The van der Waals surface area contributed by atoms with E-state index in [1.54, 1.807) is 0 Å². The fourth-order valence-electron chi connectivity index (χ4n) is 3.11. The maximum atomic E-state index is 12.5. The molecule has 2 rings (SSSR count). The number of hydrogen-bond acceptors (Lipinski definition) is 2. The lowest BCUT2D eigenvalue weighted by Gasteiger charge is -2.35. The number of carbonyl (C=O) groups is 1. The monoisotopic (exact) mass is 288 g/mol. The highest BCUT2D eigenvalue weighted by atomic mass is 16.2. The van der Waals surface area contributed by atoms with Crippen molar-refractivity contribution in [3.05, 3.63) is 29.8 Å². The van der Waals surface area contributed by atoms with Gasteiger partial charge in [0, 0.05) is 5.69 Å². The Kier molecular flexibility index (Phi) is 4.43. The maximum absolute atomic E-state index is 12.5. The number of rotatable bonds is 2. The number of amides is 1. The normalized spacial score (nSPS) is 26.4. The van der Waals surface area contributed by atoms with Crippen LogP contribution in [0, 0.1) is 5.92 Å². The number of hydrogen-bond donors (Lipinski definition) is 2. The van der Waals surface area contributed by atoms with Crippen molar-refractivity contribution in [3.8, 4) is 0 Å². The first kappa shape index (κ1) is 16.0. The average Bonchev–Trinajstić information content (AvgIpc) is 2.38. The molecule has 2 unspecified atom stereocenters. The van der Waals surface area contributed by atoms with Crippen molar-refractivity contribution < 1.29 is 4.79 Å². The summed E-state index contributed by atoms with van der Waals surface area (Å²) in [6, 6.07) is 8.08. The van der Waals surface area contributed by atoms with Crippen LogP contribution in [-0.4, -0.2) is 11.4 Å². The van der Waals surface area contributed by atoms with Gasteiger partial charge in [0.2, 0.25) is 5.91 Å². The third-order valence-corrected chi connectivity index (χ3v) is 4.49. The van der Waals surface area contributed by atoms with Gasteiger partial charge in [0.25, 0.3) is 0 Å². The highest BCUT2D eigenvalue weighted by Crippen LogP contribution is 2.31. The molecule has 3 N–H and O–H groups in total. The zero-order chi connectivity index (χ0) is 15.7. The highest BCUT2D eigenvalue weighted by molar-refractivity contribution is 5.98. The lowest BCUT2D eigenvalue weighted by atomic mass is 9.76. The summed E-state index contributed by atoms with van der Waals surface area (Å²) in [5, 5.41) is 2.99. The van der Waals surface area contributed by atoms with E-state index in [2.05, 4.69) is 45.1 Å². The van der Waals surface area contributed by atoms with E-state index < -0.39 is 5.54 Å². The van der Waals surface area contributed by atoms with Gasteiger partial charge in [-0.15, -0.1) is 0 Å². The molecule has 0 aliphatic heterocycles. The number of anilines is 1. The second-order valence-corrected chi connectivity index (χ2v) is 7.64. The average molecular weight is 288 g/mol. The number of nitrogens with two attached hydrogens (primary N) is 1. The zero-order valence-corrected chi connectivity index (χ0v) is 13.7.